The van der Waals surface area contributed by atoms with Gasteiger partial charge in [0.05, 0.1) is 6.61 Å². The molecule has 1 aromatic rings. The maximum Gasteiger partial charge on any atom is 0.303 e. The van der Waals surface area contributed by atoms with E-state index in [1.165, 1.54) is 37.9 Å². The number of benzene rings is 1. The third-order valence-corrected chi connectivity index (χ3v) is 4.90. The number of hydrogen-bond acceptors (Lipinski definition) is 3. The van der Waals surface area contributed by atoms with Crippen LogP contribution in [-0.4, -0.2) is 42.2 Å². The molecule has 1 heterocycles. The average molecular weight is 333 g/mol. The minimum Gasteiger partial charge on any atom is -0.494 e. The molecule has 134 valence electrons. The van der Waals surface area contributed by atoms with Gasteiger partial charge in [-0.15, -0.1) is 0 Å². The number of aliphatic carboxylic acids is 1. The number of aryl methyl sites for hydroxylation is 1. The van der Waals surface area contributed by atoms with Crippen molar-refractivity contribution in [3.05, 3.63) is 29.8 Å². The van der Waals surface area contributed by atoms with Crippen LogP contribution in [0.5, 0.6) is 5.75 Å². The van der Waals surface area contributed by atoms with E-state index in [0.717, 1.165) is 37.5 Å². The van der Waals surface area contributed by atoms with Crippen LogP contribution in [-0.2, 0) is 11.2 Å². The van der Waals surface area contributed by atoms with Gasteiger partial charge in [-0.25, -0.2) is 0 Å². The number of rotatable bonds is 10. The van der Waals surface area contributed by atoms with E-state index >= 15 is 0 Å². The minimum atomic E-state index is -0.678. The first-order chi connectivity index (χ1) is 11.7. The molecule has 0 radical (unpaired) electrons. The molecule has 0 aromatic heterocycles. The largest absolute Gasteiger partial charge is 0.494 e. The average Bonchev–Trinajstić information content (AvgIpc) is 2.59. The Morgan fingerprint density at radius 1 is 1.21 bits per heavy atom. The van der Waals surface area contributed by atoms with Gasteiger partial charge < -0.3 is 14.7 Å². The standard InChI is InChI=1S/C20H31NO3/c1-2-24-19-10-8-17(9-11-19)6-7-18-12-15-21(16-13-18)14-4-3-5-20(22)23/h8-11,18H,2-7,12-16H2,1H3,(H,22,23). The van der Waals surface area contributed by atoms with Gasteiger partial charge in [0.25, 0.3) is 0 Å². The van der Waals surface area contributed by atoms with E-state index < -0.39 is 5.97 Å². The fourth-order valence-electron chi connectivity index (χ4n) is 3.40. The predicted molar refractivity (Wildman–Crippen MR) is 96.6 cm³/mol. The summed E-state index contributed by atoms with van der Waals surface area (Å²) in [5.41, 5.74) is 1.40. The first kappa shape index (κ1) is 18.8. The van der Waals surface area contributed by atoms with E-state index in [-0.39, 0.29) is 0 Å². The Labute approximate surface area is 145 Å². The number of ether oxygens (including phenoxy) is 1. The van der Waals surface area contributed by atoms with Gasteiger partial charge in [-0.2, -0.15) is 0 Å². The van der Waals surface area contributed by atoms with E-state index in [0.29, 0.717) is 13.0 Å². The van der Waals surface area contributed by atoms with Crippen molar-refractivity contribution in [2.75, 3.05) is 26.2 Å². The summed E-state index contributed by atoms with van der Waals surface area (Å²) in [5.74, 6) is 1.10. The van der Waals surface area contributed by atoms with Gasteiger partial charge in [-0.1, -0.05) is 12.1 Å². The molecule has 1 saturated heterocycles. The number of piperidine rings is 1. The zero-order valence-corrected chi connectivity index (χ0v) is 14.9. The maximum absolute atomic E-state index is 10.5. The molecule has 0 spiro atoms. The normalized spacial score (nSPS) is 16.2. The highest BCUT2D eigenvalue weighted by molar-refractivity contribution is 5.66. The van der Waals surface area contributed by atoms with Crippen LogP contribution in [0.15, 0.2) is 24.3 Å². The minimum absolute atomic E-state index is 0.304. The first-order valence-corrected chi connectivity index (χ1v) is 9.33. The summed E-state index contributed by atoms with van der Waals surface area (Å²) >= 11 is 0. The summed E-state index contributed by atoms with van der Waals surface area (Å²) < 4.78 is 5.48. The van der Waals surface area contributed by atoms with Gasteiger partial charge in [0.15, 0.2) is 0 Å². The molecule has 1 aromatic carbocycles. The summed E-state index contributed by atoms with van der Waals surface area (Å²) in [7, 11) is 0. The van der Waals surface area contributed by atoms with Crippen molar-refractivity contribution in [2.45, 2.75) is 51.9 Å². The van der Waals surface area contributed by atoms with E-state index in [1.54, 1.807) is 0 Å². The Hall–Kier alpha value is -1.55. The fraction of sp³-hybridized carbons (Fsp3) is 0.650. The van der Waals surface area contributed by atoms with Crippen molar-refractivity contribution in [2.24, 2.45) is 5.92 Å². The number of carboxylic acid groups (broad SMARTS) is 1. The highest BCUT2D eigenvalue weighted by atomic mass is 16.5. The molecule has 1 N–H and O–H groups in total. The molecular formula is C20H31NO3. The Kier molecular flexibility index (Phi) is 8.10. The molecule has 0 amide bonds. The second kappa shape index (κ2) is 10.3. The van der Waals surface area contributed by atoms with Crippen molar-refractivity contribution in [3.63, 3.8) is 0 Å². The van der Waals surface area contributed by atoms with Crippen molar-refractivity contribution in [1.29, 1.82) is 0 Å². The lowest BCUT2D eigenvalue weighted by Crippen LogP contribution is -2.34. The summed E-state index contributed by atoms with van der Waals surface area (Å²) in [5, 5.41) is 8.66. The van der Waals surface area contributed by atoms with Crippen LogP contribution in [0, 0.1) is 5.92 Å². The smallest absolute Gasteiger partial charge is 0.303 e. The van der Waals surface area contributed by atoms with Gasteiger partial charge in [0.1, 0.15) is 5.75 Å². The second-order valence-corrected chi connectivity index (χ2v) is 6.75. The summed E-state index contributed by atoms with van der Waals surface area (Å²) in [4.78, 5) is 13.0. The van der Waals surface area contributed by atoms with Gasteiger partial charge in [-0.3, -0.25) is 4.79 Å². The van der Waals surface area contributed by atoms with E-state index in [9.17, 15) is 4.79 Å². The van der Waals surface area contributed by atoms with Crippen LogP contribution in [0.3, 0.4) is 0 Å². The SMILES string of the molecule is CCOc1ccc(CCC2CCN(CCCCC(=O)O)CC2)cc1. The first-order valence-electron chi connectivity index (χ1n) is 9.33. The zero-order chi connectivity index (χ0) is 17.2. The van der Waals surface area contributed by atoms with Crippen molar-refractivity contribution in [1.82, 2.24) is 4.90 Å². The van der Waals surface area contributed by atoms with Crippen molar-refractivity contribution >= 4 is 5.97 Å². The van der Waals surface area contributed by atoms with Crippen LogP contribution in [0.2, 0.25) is 0 Å². The molecular weight excluding hydrogens is 302 g/mol. The molecule has 0 saturated carbocycles. The number of carbonyl (C=O) groups is 1. The number of unbranched alkanes of at least 4 members (excludes halogenated alkanes) is 1. The lowest BCUT2D eigenvalue weighted by Gasteiger charge is -2.32. The van der Waals surface area contributed by atoms with Crippen LogP contribution >= 0.6 is 0 Å². The van der Waals surface area contributed by atoms with E-state index in [2.05, 4.69) is 29.2 Å². The highest BCUT2D eigenvalue weighted by Crippen LogP contribution is 2.23. The van der Waals surface area contributed by atoms with Gasteiger partial charge in [0.2, 0.25) is 0 Å². The van der Waals surface area contributed by atoms with Gasteiger partial charge in [0, 0.05) is 6.42 Å². The number of hydrogen-bond donors (Lipinski definition) is 1. The maximum atomic E-state index is 10.5. The summed E-state index contributed by atoms with van der Waals surface area (Å²) in [6.07, 6.45) is 7.07. The zero-order valence-electron chi connectivity index (χ0n) is 14.9. The molecule has 1 fully saturated rings. The fourth-order valence-corrected chi connectivity index (χ4v) is 3.40. The second-order valence-electron chi connectivity index (χ2n) is 6.75. The molecule has 0 bridgehead atoms. The molecule has 1 aliphatic rings. The van der Waals surface area contributed by atoms with Crippen molar-refractivity contribution in [3.8, 4) is 5.75 Å². The molecule has 4 nitrogen and oxygen atoms in total. The molecule has 24 heavy (non-hydrogen) atoms. The van der Waals surface area contributed by atoms with Crippen LogP contribution in [0.25, 0.3) is 0 Å². The number of likely N-dealkylation sites (tertiary alicyclic amines) is 1. The molecule has 0 atom stereocenters. The molecule has 1 aliphatic heterocycles. The summed E-state index contributed by atoms with van der Waals surface area (Å²) in [6, 6.07) is 8.50. The molecule has 0 aliphatic carbocycles. The van der Waals surface area contributed by atoms with Gasteiger partial charge >= 0.3 is 5.97 Å². The predicted octanol–water partition coefficient (Wildman–Crippen LogP) is 3.98. The Morgan fingerprint density at radius 3 is 2.54 bits per heavy atom. The Morgan fingerprint density at radius 2 is 1.92 bits per heavy atom. The quantitative estimate of drug-likeness (QED) is 0.658. The molecule has 2 rings (SSSR count). The highest BCUT2D eigenvalue weighted by Gasteiger charge is 2.18. The van der Waals surface area contributed by atoms with Crippen LogP contribution in [0.4, 0.5) is 0 Å². The lowest BCUT2D eigenvalue weighted by atomic mass is 9.90. The van der Waals surface area contributed by atoms with Crippen LogP contribution in [0.1, 0.15) is 51.0 Å². The van der Waals surface area contributed by atoms with Crippen molar-refractivity contribution < 1.29 is 14.6 Å². The van der Waals surface area contributed by atoms with E-state index in [1.807, 2.05) is 6.92 Å². The molecule has 0 unspecified atom stereocenters. The Bertz CT molecular complexity index is 478. The summed E-state index contributed by atoms with van der Waals surface area (Å²) in [6.45, 7) is 6.11. The molecule has 4 heteroatoms. The van der Waals surface area contributed by atoms with E-state index in [4.69, 9.17) is 9.84 Å². The number of nitrogens with zero attached hydrogens (tertiary/aromatic N) is 1. The monoisotopic (exact) mass is 333 g/mol. The topological polar surface area (TPSA) is 49.8 Å². The van der Waals surface area contributed by atoms with Gasteiger partial charge in [-0.05, 0) is 88.7 Å². The Balaban J connectivity index is 1.60. The third kappa shape index (κ3) is 6.91. The third-order valence-electron chi connectivity index (χ3n) is 4.90. The lowest BCUT2D eigenvalue weighted by molar-refractivity contribution is -0.137. The number of carboxylic acids is 1. The van der Waals surface area contributed by atoms with Crippen LogP contribution < -0.4 is 4.74 Å².